The standard InChI is InChI=1S/C23H37NO4/c1-3-13-27-22(25)19-7-5-17(6-8-19)15-21(16-24)18-9-11-20(12-10-18)23(26)28-14-4-2/h17-21H,3-15H2,1-2H3/t17-,18-,19-,20-,21?. The Morgan fingerprint density at radius 2 is 1.32 bits per heavy atom. The van der Waals surface area contributed by atoms with Gasteiger partial charge < -0.3 is 9.47 Å². The van der Waals surface area contributed by atoms with Gasteiger partial charge in [-0.05, 0) is 82.5 Å². The Balaban J connectivity index is 1.73. The van der Waals surface area contributed by atoms with Crippen molar-refractivity contribution in [3.05, 3.63) is 0 Å². The average Bonchev–Trinajstić information content (AvgIpc) is 2.74. The summed E-state index contributed by atoms with van der Waals surface area (Å²) in [5, 5.41) is 9.72. The number of nitriles is 1. The third-order valence-electron chi connectivity index (χ3n) is 6.50. The molecular formula is C23H37NO4. The van der Waals surface area contributed by atoms with Crippen LogP contribution >= 0.6 is 0 Å². The molecule has 0 amide bonds. The Bertz CT molecular complexity index is 525. The van der Waals surface area contributed by atoms with Crippen molar-refractivity contribution in [1.29, 1.82) is 5.26 Å². The van der Waals surface area contributed by atoms with Gasteiger partial charge >= 0.3 is 11.9 Å². The zero-order valence-corrected chi connectivity index (χ0v) is 17.7. The summed E-state index contributed by atoms with van der Waals surface area (Å²) in [6.45, 7) is 5.04. The van der Waals surface area contributed by atoms with Gasteiger partial charge in [-0.15, -0.1) is 0 Å². The molecule has 0 N–H and O–H groups in total. The van der Waals surface area contributed by atoms with Gasteiger partial charge in [0.15, 0.2) is 0 Å². The first-order chi connectivity index (χ1) is 13.6. The molecule has 0 radical (unpaired) electrons. The second-order valence-corrected chi connectivity index (χ2v) is 8.64. The van der Waals surface area contributed by atoms with E-state index >= 15 is 0 Å². The molecule has 2 fully saturated rings. The Hall–Kier alpha value is -1.57. The lowest BCUT2D eigenvalue weighted by atomic mass is 9.71. The van der Waals surface area contributed by atoms with Gasteiger partial charge in [-0.25, -0.2) is 0 Å². The van der Waals surface area contributed by atoms with Crippen LogP contribution in [-0.2, 0) is 19.1 Å². The molecule has 1 atom stereocenters. The Labute approximate surface area is 170 Å². The summed E-state index contributed by atoms with van der Waals surface area (Å²) in [5.74, 6) is 0.980. The molecule has 1 unspecified atom stereocenters. The summed E-state index contributed by atoms with van der Waals surface area (Å²) < 4.78 is 10.6. The molecule has 0 heterocycles. The number of carbonyl (C=O) groups excluding carboxylic acids is 2. The molecule has 5 heteroatoms. The van der Waals surface area contributed by atoms with Crippen LogP contribution in [0.2, 0.25) is 0 Å². The minimum atomic E-state index is -0.0536. The maximum absolute atomic E-state index is 12.0. The fourth-order valence-corrected chi connectivity index (χ4v) is 4.74. The first kappa shape index (κ1) is 22.7. The SMILES string of the molecule is CCCOC(=O)[C@H]1CC[C@H](CC(C#N)[C@H]2CC[C@H](C(=O)OCCC)CC2)CC1. The molecule has 0 aromatic carbocycles. The summed E-state index contributed by atoms with van der Waals surface area (Å²) in [6, 6.07) is 2.55. The van der Waals surface area contributed by atoms with E-state index in [2.05, 4.69) is 6.07 Å². The molecule has 0 saturated heterocycles. The van der Waals surface area contributed by atoms with Crippen molar-refractivity contribution in [3.8, 4) is 6.07 Å². The molecule has 158 valence electrons. The lowest BCUT2D eigenvalue weighted by Gasteiger charge is -2.33. The topological polar surface area (TPSA) is 76.4 Å². The van der Waals surface area contributed by atoms with E-state index < -0.39 is 0 Å². The van der Waals surface area contributed by atoms with Crippen LogP contribution < -0.4 is 0 Å². The number of hydrogen-bond donors (Lipinski definition) is 0. The second-order valence-electron chi connectivity index (χ2n) is 8.64. The molecule has 28 heavy (non-hydrogen) atoms. The van der Waals surface area contributed by atoms with Crippen molar-refractivity contribution in [2.24, 2.45) is 29.6 Å². The summed E-state index contributed by atoms with van der Waals surface area (Å²) in [4.78, 5) is 24.1. The monoisotopic (exact) mass is 391 g/mol. The summed E-state index contributed by atoms with van der Waals surface area (Å²) in [6.07, 6.45) is 10.1. The van der Waals surface area contributed by atoms with Crippen LogP contribution in [0.1, 0.15) is 84.5 Å². The first-order valence-corrected chi connectivity index (χ1v) is 11.3. The number of carbonyl (C=O) groups is 2. The van der Waals surface area contributed by atoms with Gasteiger partial charge in [0.1, 0.15) is 0 Å². The van der Waals surface area contributed by atoms with Gasteiger partial charge in [0.05, 0.1) is 31.1 Å². The molecule has 2 rings (SSSR count). The Kier molecular flexibility index (Phi) is 9.81. The highest BCUT2D eigenvalue weighted by atomic mass is 16.5. The van der Waals surface area contributed by atoms with E-state index in [0.717, 1.165) is 70.6 Å². The Morgan fingerprint density at radius 3 is 1.75 bits per heavy atom. The molecule has 0 aromatic rings. The lowest BCUT2D eigenvalue weighted by Crippen LogP contribution is -2.29. The number of ether oxygens (including phenoxy) is 2. The number of rotatable bonds is 9. The third kappa shape index (κ3) is 6.79. The molecule has 5 nitrogen and oxygen atoms in total. The minimum absolute atomic E-state index is 0.0201. The quantitative estimate of drug-likeness (QED) is 0.515. The van der Waals surface area contributed by atoms with E-state index in [1.54, 1.807) is 0 Å². The maximum atomic E-state index is 12.0. The van der Waals surface area contributed by atoms with E-state index in [4.69, 9.17) is 9.47 Å². The van der Waals surface area contributed by atoms with Crippen molar-refractivity contribution >= 4 is 11.9 Å². The van der Waals surface area contributed by atoms with Gasteiger partial charge in [0.25, 0.3) is 0 Å². The van der Waals surface area contributed by atoms with Crippen LogP contribution in [0.25, 0.3) is 0 Å². The van der Waals surface area contributed by atoms with Crippen LogP contribution in [0.5, 0.6) is 0 Å². The van der Waals surface area contributed by atoms with Crippen LogP contribution in [-0.4, -0.2) is 25.2 Å². The van der Waals surface area contributed by atoms with Crippen molar-refractivity contribution in [1.82, 2.24) is 0 Å². The van der Waals surface area contributed by atoms with Crippen molar-refractivity contribution in [2.75, 3.05) is 13.2 Å². The zero-order chi connectivity index (χ0) is 20.4. The van der Waals surface area contributed by atoms with Crippen LogP contribution in [0.15, 0.2) is 0 Å². The van der Waals surface area contributed by atoms with E-state index in [1.807, 2.05) is 13.8 Å². The summed E-state index contributed by atoms with van der Waals surface area (Å²) >= 11 is 0. The van der Waals surface area contributed by atoms with Crippen LogP contribution in [0, 0.1) is 40.9 Å². The van der Waals surface area contributed by atoms with E-state index in [1.165, 1.54) is 0 Å². The molecule has 2 aliphatic rings. The first-order valence-electron chi connectivity index (χ1n) is 11.3. The molecule has 0 bridgehead atoms. The number of esters is 2. The molecule has 2 aliphatic carbocycles. The average molecular weight is 392 g/mol. The van der Waals surface area contributed by atoms with Crippen LogP contribution in [0.4, 0.5) is 0 Å². The van der Waals surface area contributed by atoms with Crippen molar-refractivity contribution in [3.63, 3.8) is 0 Å². The largest absolute Gasteiger partial charge is 0.465 e. The van der Waals surface area contributed by atoms with Gasteiger partial charge in [0.2, 0.25) is 0 Å². The van der Waals surface area contributed by atoms with Gasteiger partial charge in [0, 0.05) is 5.92 Å². The maximum Gasteiger partial charge on any atom is 0.308 e. The van der Waals surface area contributed by atoms with Crippen LogP contribution in [0.3, 0.4) is 0 Å². The predicted octanol–water partition coefficient (Wildman–Crippen LogP) is 5.04. The third-order valence-corrected chi connectivity index (χ3v) is 6.50. The fraction of sp³-hybridized carbons (Fsp3) is 0.870. The number of hydrogen-bond acceptors (Lipinski definition) is 5. The Morgan fingerprint density at radius 1 is 0.857 bits per heavy atom. The summed E-state index contributed by atoms with van der Waals surface area (Å²) in [5.41, 5.74) is 0. The minimum Gasteiger partial charge on any atom is -0.465 e. The predicted molar refractivity (Wildman–Crippen MR) is 107 cm³/mol. The van der Waals surface area contributed by atoms with Gasteiger partial charge in [-0.3, -0.25) is 9.59 Å². The highest BCUT2D eigenvalue weighted by Gasteiger charge is 2.34. The molecule has 0 aliphatic heterocycles. The smallest absolute Gasteiger partial charge is 0.308 e. The van der Waals surface area contributed by atoms with Crippen molar-refractivity contribution in [2.45, 2.75) is 84.5 Å². The number of nitrogens with zero attached hydrogens (tertiary/aromatic N) is 1. The second kappa shape index (κ2) is 12.1. The van der Waals surface area contributed by atoms with Crippen molar-refractivity contribution < 1.29 is 19.1 Å². The highest BCUT2D eigenvalue weighted by Crippen LogP contribution is 2.40. The van der Waals surface area contributed by atoms with Gasteiger partial charge in [-0.1, -0.05) is 13.8 Å². The molecule has 0 aromatic heterocycles. The molecular weight excluding hydrogens is 354 g/mol. The fourth-order valence-electron chi connectivity index (χ4n) is 4.74. The van der Waals surface area contributed by atoms with Gasteiger partial charge in [-0.2, -0.15) is 5.26 Å². The normalized spacial score (nSPS) is 28.8. The van der Waals surface area contributed by atoms with E-state index in [0.29, 0.717) is 25.0 Å². The molecule has 2 saturated carbocycles. The zero-order valence-electron chi connectivity index (χ0n) is 17.7. The highest BCUT2D eigenvalue weighted by molar-refractivity contribution is 5.72. The lowest BCUT2D eigenvalue weighted by molar-refractivity contribution is -0.151. The molecule has 0 spiro atoms. The van der Waals surface area contributed by atoms with E-state index in [9.17, 15) is 14.9 Å². The van der Waals surface area contributed by atoms with E-state index in [-0.39, 0.29) is 29.7 Å². The summed E-state index contributed by atoms with van der Waals surface area (Å²) in [7, 11) is 0.